The number of aromatic nitrogens is 2. The Balaban J connectivity index is 2.10. The van der Waals surface area contributed by atoms with Crippen molar-refractivity contribution >= 4 is 17.6 Å². The molecule has 2 aromatic rings. The summed E-state index contributed by atoms with van der Waals surface area (Å²) in [5.74, 6) is 0.237. The summed E-state index contributed by atoms with van der Waals surface area (Å²) in [7, 11) is 3.69. The molecule has 1 atom stereocenters. The lowest BCUT2D eigenvalue weighted by atomic mass is 9.97. The standard InChI is InChI=1S/C18H25ClN4O/c1-12(2)16(17-13(3)7-6-8-20-17)21-18(24)23(5)11-15-9-14(19)10-22(15)4/h6-10,12,16H,11H2,1-5H3,(H,21,24). The zero-order valence-corrected chi connectivity index (χ0v) is 15.6. The van der Waals surface area contributed by atoms with E-state index in [1.807, 2.05) is 42.9 Å². The van der Waals surface area contributed by atoms with Gasteiger partial charge in [0, 0.05) is 32.2 Å². The van der Waals surface area contributed by atoms with Crippen LogP contribution in [0.15, 0.2) is 30.6 Å². The van der Waals surface area contributed by atoms with Crippen LogP contribution in [0, 0.1) is 12.8 Å². The van der Waals surface area contributed by atoms with Crippen LogP contribution >= 0.6 is 11.6 Å². The Morgan fingerprint density at radius 1 is 1.46 bits per heavy atom. The smallest absolute Gasteiger partial charge is 0.318 e. The van der Waals surface area contributed by atoms with Crippen molar-refractivity contribution in [2.75, 3.05) is 7.05 Å². The van der Waals surface area contributed by atoms with Crippen LogP contribution in [0.3, 0.4) is 0 Å². The Hall–Kier alpha value is -2.01. The van der Waals surface area contributed by atoms with Gasteiger partial charge in [-0.2, -0.15) is 0 Å². The maximum atomic E-state index is 12.6. The average molecular weight is 349 g/mol. The van der Waals surface area contributed by atoms with E-state index in [2.05, 4.69) is 24.1 Å². The van der Waals surface area contributed by atoms with Gasteiger partial charge in [0.1, 0.15) is 0 Å². The topological polar surface area (TPSA) is 50.2 Å². The number of amides is 2. The zero-order chi connectivity index (χ0) is 17.9. The number of urea groups is 1. The Bertz CT molecular complexity index is 711. The predicted molar refractivity (Wildman–Crippen MR) is 97.0 cm³/mol. The van der Waals surface area contributed by atoms with E-state index >= 15 is 0 Å². The molecule has 0 saturated heterocycles. The SMILES string of the molecule is Cc1cccnc1C(NC(=O)N(C)Cc1cc(Cl)cn1C)C(C)C. The van der Waals surface area contributed by atoms with Crippen LogP contribution in [-0.2, 0) is 13.6 Å². The minimum absolute atomic E-state index is 0.127. The molecule has 2 aromatic heterocycles. The molecule has 0 aliphatic carbocycles. The fraction of sp³-hybridized carbons (Fsp3) is 0.444. The summed E-state index contributed by atoms with van der Waals surface area (Å²) >= 11 is 6.00. The van der Waals surface area contributed by atoms with Crippen LogP contribution in [0.25, 0.3) is 0 Å². The molecule has 1 N–H and O–H groups in total. The average Bonchev–Trinajstić information content (AvgIpc) is 2.82. The monoisotopic (exact) mass is 348 g/mol. The van der Waals surface area contributed by atoms with Crippen molar-refractivity contribution in [1.82, 2.24) is 19.8 Å². The molecule has 0 fully saturated rings. The number of nitrogens with one attached hydrogen (secondary N) is 1. The molecule has 2 rings (SSSR count). The third-order valence-corrected chi connectivity index (χ3v) is 4.32. The molecule has 1 unspecified atom stereocenters. The molecular weight excluding hydrogens is 324 g/mol. The van der Waals surface area contributed by atoms with Gasteiger partial charge in [0.2, 0.25) is 0 Å². The van der Waals surface area contributed by atoms with Gasteiger partial charge >= 0.3 is 6.03 Å². The molecule has 6 heteroatoms. The largest absolute Gasteiger partial charge is 0.351 e. The maximum Gasteiger partial charge on any atom is 0.318 e. The van der Waals surface area contributed by atoms with Crippen LogP contribution in [0.5, 0.6) is 0 Å². The van der Waals surface area contributed by atoms with Crippen LogP contribution in [-0.4, -0.2) is 27.5 Å². The molecule has 0 saturated carbocycles. The summed E-state index contributed by atoms with van der Waals surface area (Å²) in [6.07, 6.45) is 3.59. The van der Waals surface area contributed by atoms with E-state index in [0.717, 1.165) is 17.0 Å². The van der Waals surface area contributed by atoms with E-state index in [-0.39, 0.29) is 18.0 Å². The third-order valence-electron chi connectivity index (χ3n) is 4.11. The summed E-state index contributed by atoms with van der Waals surface area (Å²) in [6, 6.07) is 5.53. The first-order valence-electron chi connectivity index (χ1n) is 8.03. The van der Waals surface area contributed by atoms with Gasteiger partial charge in [-0.15, -0.1) is 0 Å². The fourth-order valence-corrected chi connectivity index (χ4v) is 2.93. The second-order valence-corrected chi connectivity index (χ2v) is 6.93. The van der Waals surface area contributed by atoms with Crippen molar-refractivity contribution in [3.05, 3.63) is 52.6 Å². The third kappa shape index (κ3) is 4.29. The molecule has 0 aliphatic rings. The highest BCUT2D eigenvalue weighted by molar-refractivity contribution is 6.30. The number of halogens is 1. The van der Waals surface area contributed by atoms with E-state index in [1.54, 1.807) is 18.1 Å². The molecule has 0 radical (unpaired) electrons. The minimum Gasteiger partial charge on any atom is -0.351 e. The molecule has 5 nitrogen and oxygen atoms in total. The normalized spacial score (nSPS) is 12.3. The number of hydrogen-bond acceptors (Lipinski definition) is 2. The second-order valence-electron chi connectivity index (χ2n) is 6.49. The van der Waals surface area contributed by atoms with Gasteiger partial charge < -0.3 is 14.8 Å². The van der Waals surface area contributed by atoms with Gasteiger partial charge in [-0.1, -0.05) is 31.5 Å². The Morgan fingerprint density at radius 3 is 2.71 bits per heavy atom. The van der Waals surface area contributed by atoms with Crippen molar-refractivity contribution in [2.24, 2.45) is 13.0 Å². The van der Waals surface area contributed by atoms with Crippen LogP contribution in [0.2, 0.25) is 5.02 Å². The molecule has 24 heavy (non-hydrogen) atoms. The van der Waals surface area contributed by atoms with E-state index < -0.39 is 0 Å². The van der Waals surface area contributed by atoms with Gasteiger partial charge in [-0.3, -0.25) is 4.98 Å². The minimum atomic E-state index is -0.129. The summed E-state index contributed by atoms with van der Waals surface area (Å²) in [6.45, 7) is 6.66. The molecule has 130 valence electrons. The van der Waals surface area contributed by atoms with Gasteiger partial charge in [-0.25, -0.2) is 4.79 Å². The lowest BCUT2D eigenvalue weighted by Gasteiger charge is -2.26. The van der Waals surface area contributed by atoms with E-state index in [0.29, 0.717) is 11.6 Å². The number of aryl methyl sites for hydroxylation is 2. The molecule has 2 heterocycles. The summed E-state index contributed by atoms with van der Waals surface area (Å²) in [5, 5.41) is 3.77. The summed E-state index contributed by atoms with van der Waals surface area (Å²) in [5.41, 5.74) is 2.97. The number of carbonyl (C=O) groups excluding carboxylic acids is 1. The van der Waals surface area contributed by atoms with Crippen LogP contribution < -0.4 is 5.32 Å². The fourth-order valence-electron chi connectivity index (χ4n) is 2.66. The van der Waals surface area contributed by atoms with E-state index in [4.69, 9.17) is 11.6 Å². The highest BCUT2D eigenvalue weighted by atomic mass is 35.5. The number of carbonyl (C=O) groups is 1. The molecule has 0 aliphatic heterocycles. The quantitative estimate of drug-likeness (QED) is 0.890. The number of rotatable bonds is 5. The van der Waals surface area contributed by atoms with Crippen LogP contribution in [0.1, 0.15) is 36.8 Å². The van der Waals surface area contributed by atoms with E-state index in [1.165, 1.54) is 0 Å². The summed E-state index contributed by atoms with van der Waals surface area (Å²) in [4.78, 5) is 18.7. The summed E-state index contributed by atoms with van der Waals surface area (Å²) < 4.78 is 1.93. The molecule has 0 aromatic carbocycles. The van der Waals surface area contributed by atoms with Gasteiger partial charge in [0.25, 0.3) is 0 Å². The van der Waals surface area contributed by atoms with Gasteiger partial charge in [0.15, 0.2) is 0 Å². The lowest BCUT2D eigenvalue weighted by molar-refractivity contribution is 0.197. The van der Waals surface area contributed by atoms with Crippen molar-refractivity contribution in [3.8, 4) is 0 Å². The van der Waals surface area contributed by atoms with E-state index in [9.17, 15) is 4.79 Å². The van der Waals surface area contributed by atoms with Gasteiger partial charge in [-0.05, 0) is 30.5 Å². The van der Waals surface area contributed by atoms with Crippen molar-refractivity contribution in [1.29, 1.82) is 0 Å². The maximum absolute atomic E-state index is 12.6. The highest BCUT2D eigenvalue weighted by Gasteiger charge is 2.23. The van der Waals surface area contributed by atoms with Crippen molar-refractivity contribution in [3.63, 3.8) is 0 Å². The molecular formula is C18H25ClN4O. The van der Waals surface area contributed by atoms with Crippen molar-refractivity contribution < 1.29 is 4.79 Å². The Labute approximate surface area is 148 Å². The first kappa shape index (κ1) is 18.3. The highest BCUT2D eigenvalue weighted by Crippen LogP contribution is 2.23. The Kier molecular flexibility index (Phi) is 5.89. The zero-order valence-electron chi connectivity index (χ0n) is 14.9. The number of hydrogen-bond donors (Lipinski definition) is 1. The lowest BCUT2D eigenvalue weighted by Crippen LogP contribution is -2.41. The number of pyridine rings is 1. The molecule has 0 bridgehead atoms. The second kappa shape index (κ2) is 7.71. The van der Waals surface area contributed by atoms with Gasteiger partial charge in [0.05, 0.1) is 23.3 Å². The molecule has 0 spiro atoms. The first-order valence-corrected chi connectivity index (χ1v) is 8.41. The number of nitrogens with zero attached hydrogens (tertiary/aromatic N) is 3. The molecule has 2 amide bonds. The van der Waals surface area contributed by atoms with Crippen molar-refractivity contribution in [2.45, 2.75) is 33.4 Å². The Morgan fingerprint density at radius 2 is 2.17 bits per heavy atom. The predicted octanol–water partition coefficient (Wildman–Crippen LogP) is 3.92. The van der Waals surface area contributed by atoms with Crippen LogP contribution in [0.4, 0.5) is 4.79 Å². The first-order chi connectivity index (χ1) is 11.3.